The molecule has 0 atom stereocenters. The first-order chi connectivity index (χ1) is 16.8. The molecule has 4 aromatic rings. The fraction of sp³-hybridized carbons (Fsp3) is 0.250. The van der Waals surface area contributed by atoms with Crippen molar-refractivity contribution in [2.24, 2.45) is 5.92 Å². The van der Waals surface area contributed by atoms with Crippen LogP contribution in [0.1, 0.15) is 21.6 Å². The summed E-state index contributed by atoms with van der Waals surface area (Å²) in [5.74, 6) is 0.131. The van der Waals surface area contributed by atoms with Crippen LogP contribution in [-0.2, 0) is 17.5 Å². The molecule has 1 aliphatic heterocycles. The lowest BCUT2D eigenvalue weighted by Crippen LogP contribution is -2.39. The van der Waals surface area contributed by atoms with Gasteiger partial charge in [0.15, 0.2) is 0 Å². The summed E-state index contributed by atoms with van der Waals surface area (Å²) in [6, 6.07) is 11.3. The van der Waals surface area contributed by atoms with Gasteiger partial charge in [-0.1, -0.05) is 18.2 Å². The van der Waals surface area contributed by atoms with Gasteiger partial charge in [-0.25, -0.2) is 4.98 Å². The van der Waals surface area contributed by atoms with E-state index in [4.69, 9.17) is 4.74 Å². The molecule has 0 saturated carbocycles. The quantitative estimate of drug-likeness (QED) is 0.439. The Kier molecular flexibility index (Phi) is 5.85. The summed E-state index contributed by atoms with van der Waals surface area (Å²) in [5, 5.41) is 8.63. The first-order valence-electron chi connectivity index (χ1n) is 10.8. The van der Waals surface area contributed by atoms with Gasteiger partial charge < -0.3 is 10.1 Å². The van der Waals surface area contributed by atoms with Crippen molar-refractivity contribution < 1.29 is 22.7 Å². The van der Waals surface area contributed by atoms with Gasteiger partial charge in [-0.2, -0.15) is 18.3 Å². The zero-order valence-corrected chi connectivity index (χ0v) is 18.3. The zero-order valence-electron chi connectivity index (χ0n) is 18.3. The molecule has 1 fully saturated rings. The van der Waals surface area contributed by atoms with E-state index in [0.29, 0.717) is 31.2 Å². The van der Waals surface area contributed by atoms with Crippen LogP contribution in [-0.4, -0.2) is 45.4 Å². The van der Waals surface area contributed by atoms with E-state index in [-0.39, 0.29) is 40.0 Å². The SMILES string of the molecule is O=C(NCC1COC1)c1cccc(Cn2cnc3cc(-c4cn[nH]c4C(F)(F)F)ccc3c2=O)c1. The van der Waals surface area contributed by atoms with E-state index in [1.54, 1.807) is 24.3 Å². The fourth-order valence-corrected chi connectivity index (χ4v) is 3.91. The van der Waals surface area contributed by atoms with E-state index < -0.39 is 11.9 Å². The third-order valence-electron chi connectivity index (χ3n) is 5.86. The van der Waals surface area contributed by atoms with Crippen molar-refractivity contribution >= 4 is 16.8 Å². The highest BCUT2D eigenvalue weighted by Crippen LogP contribution is 2.35. The molecule has 8 nitrogen and oxygen atoms in total. The van der Waals surface area contributed by atoms with Crippen molar-refractivity contribution in [1.82, 2.24) is 25.1 Å². The predicted molar refractivity (Wildman–Crippen MR) is 121 cm³/mol. The Bertz CT molecular complexity index is 1460. The molecule has 5 rings (SSSR count). The van der Waals surface area contributed by atoms with E-state index in [1.807, 2.05) is 5.10 Å². The number of amides is 1. The van der Waals surface area contributed by atoms with E-state index in [0.717, 1.165) is 11.8 Å². The number of nitrogens with zero attached hydrogens (tertiary/aromatic N) is 3. The molecular formula is C24H20F3N5O3. The maximum Gasteiger partial charge on any atom is 0.433 e. The maximum atomic E-state index is 13.2. The van der Waals surface area contributed by atoms with Gasteiger partial charge in [0.2, 0.25) is 0 Å². The first-order valence-corrected chi connectivity index (χ1v) is 10.8. The number of fused-ring (bicyclic) bond motifs is 1. The normalized spacial score (nSPS) is 14.1. The van der Waals surface area contributed by atoms with Crippen molar-refractivity contribution in [2.45, 2.75) is 12.7 Å². The summed E-state index contributed by atoms with van der Waals surface area (Å²) in [5.41, 5.74) is 0.305. The van der Waals surface area contributed by atoms with Crippen LogP contribution in [0.15, 0.2) is 59.8 Å². The standard InChI is InChI=1S/C24H20F3N5O3/c25-24(26,27)21-19(9-30-31-21)16-4-5-18-20(7-16)29-13-32(23(18)34)10-14-2-1-3-17(6-14)22(33)28-8-15-11-35-12-15/h1-7,9,13,15H,8,10-12H2,(H,28,33)(H,30,31). The summed E-state index contributed by atoms with van der Waals surface area (Å²) in [6.07, 6.45) is -2.15. The van der Waals surface area contributed by atoms with Crippen molar-refractivity contribution in [3.63, 3.8) is 0 Å². The number of hydrogen-bond donors (Lipinski definition) is 2. The number of aromatic nitrogens is 4. The Morgan fingerprint density at radius 3 is 2.77 bits per heavy atom. The number of alkyl halides is 3. The Balaban J connectivity index is 1.38. The number of nitrogens with one attached hydrogen (secondary N) is 2. The number of ether oxygens (including phenoxy) is 1. The molecular weight excluding hydrogens is 463 g/mol. The number of aromatic amines is 1. The summed E-state index contributed by atoms with van der Waals surface area (Å²) in [6.45, 7) is 2.01. The van der Waals surface area contributed by atoms with E-state index in [9.17, 15) is 22.8 Å². The largest absolute Gasteiger partial charge is 0.433 e. The first kappa shape index (κ1) is 22.8. The summed E-state index contributed by atoms with van der Waals surface area (Å²) >= 11 is 0. The molecule has 35 heavy (non-hydrogen) atoms. The monoisotopic (exact) mass is 483 g/mol. The minimum absolute atomic E-state index is 0.120. The van der Waals surface area contributed by atoms with Crippen LogP contribution in [0.2, 0.25) is 0 Å². The number of carbonyl (C=O) groups excluding carboxylic acids is 1. The lowest BCUT2D eigenvalue weighted by Gasteiger charge is -2.25. The van der Waals surface area contributed by atoms with E-state index in [1.165, 1.54) is 29.1 Å². The van der Waals surface area contributed by atoms with Crippen molar-refractivity contribution in [1.29, 1.82) is 0 Å². The van der Waals surface area contributed by atoms with Crippen LogP contribution in [0.3, 0.4) is 0 Å². The Labute approximate surface area is 196 Å². The number of halogens is 3. The molecule has 0 spiro atoms. The van der Waals surface area contributed by atoms with Crippen LogP contribution in [0.25, 0.3) is 22.0 Å². The summed E-state index contributed by atoms with van der Waals surface area (Å²) < 4.78 is 46.1. The summed E-state index contributed by atoms with van der Waals surface area (Å²) in [4.78, 5) is 29.7. The molecule has 0 radical (unpaired) electrons. The molecule has 0 unspecified atom stereocenters. The van der Waals surface area contributed by atoms with E-state index in [2.05, 4.69) is 15.4 Å². The van der Waals surface area contributed by atoms with Gasteiger partial charge in [-0.15, -0.1) is 0 Å². The third-order valence-corrected chi connectivity index (χ3v) is 5.86. The second-order valence-corrected chi connectivity index (χ2v) is 8.38. The fourth-order valence-electron chi connectivity index (χ4n) is 3.91. The average Bonchev–Trinajstić information content (AvgIpc) is 3.31. The highest BCUT2D eigenvalue weighted by atomic mass is 19.4. The molecule has 1 aliphatic rings. The van der Waals surface area contributed by atoms with Gasteiger partial charge in [-0.05, 0) is 35.4 Å². The average molecular weight is 483 g/mol. The minimum atomic E-state index is -4.59. The highest BCUT2D eigenvalue weighted by Gasteiger charge is 2.36. The minimum Gasteiger partial charge on any atom is -0.381 e. The molecule has 0 bridgehead atoms. The Morgan fingerprint density at radius 1 is 1.20 bits per heavy atom. The lowest BCUT2D eigenvalue weighted by atomic mass is 10.0. The summed E-state index contributed by atoms with van der Waals surface area (Å²) in [7, 11) is 0. The van der Waals surface area contributed by atoms with Crippen molar-refractivity contribution in [2.75, 3.05) is 19.8 Å². The number of hydrogen-bond acceptors (Lipinski definition) is 5. The van der Waals surface area contributed by atoms with E-state index >= 15 is 0 Å². The van der Waals surface area contributed by atoms with Crippen LogP contribution < -0.4 is 10.9 Å². The van der Waals surface area contributed by atoms with Crippen molar-refractivity contribution in [3.05, 3.63) is 82.2 Å². The van der Waals surface area contributed by atoms with Crippen molar-refractivity contribution in [3.8, 4) is 11.1 Å². The number of H-pyrrole nitrogens is 1. The molecule has 1 saturated heterocycles. The van der Waals surface area contributed by atoms with Crippen LogP contribution >= 0.6 is 0 Å². The molecule has 3 heterocycles. The number of benzene rings is 2. The maximum absolute atomic E-state index is 13.2. The number of rotatable bonds is 6. The third kappa shape index (κ3) is 4.67. The Morgan fingerprint density at radius 2 is 2.03 bits per heavy atom. The molecule has 2 N–H and O–H groups in total. The smallest absolute Gasteiger partial charge is 0.381 e. The molecule has 180 valence electrons. The number of carbonyl (C=O) groups is 1. The predicted octanol–water partition coefficient (Wildman–Crippen LogP) is 3.23. The lowest BCUT2D eigenvalue weighted by molar-refractivity contribution is -0.140. The van der Waals surface area contributed by atoms with Crippen LogP contribution in [0.5, 0.6) is 0 Å². The van der Waals surface area contributed by atoms with Gasteiger partial charge in [0, 0.05) is 23.6 Å². The van der Waals surface area contributed by atoms with Crippen LogP contribution in [0.4, 0.5) is 13.2 Å². The van der Waals surface area contributed by atoms with Gasteiger partial charge in [0.05, 0.1) is 43.2 Å². The topological polar surface area (TPSA) is 102 Å². The zero-order chi connectivity index (χ0) is 24.6. The van der Waals surface area contributed by atoms with Gasteiger partial charge in [0.25, 0.3) is 11.5 Å². The molecule has 0 aliphatic carbocycles. The highest BCUT2D eigenvalue weighted by molar-refractivity contribution is 5.94. The second kappa shape index (κ2) is 8.99. The second-order valence-electron chi connectivity index (χ2n) is 8.38. The van der Waals surface area contributed by atoms with Gasteiger partial charge in [-0.3, -0.25) is 19.3 Å². The Hall–Kier alpha value is -3.99. The molecule has 1 amide bonds. The molecule has 2 aromatic carbocycles. The molecule has 11 heteroatoms. The van der Waals surface area contributed by atoms with Gasteiger partial charge in [0.1, 0.15) is 5.69 Å². The molecule has 2 aromatic heterocycles. The van der Waals surface area contributed by atoms with Gasteiger partial charge >= 0.3 is 6.18 Å². The van der Waals surface area contributed by atoms with Crippen LogP contribution in [0, 0.1) is 5.92 Å².